The molecule has 1 N–H and O–H groups in total. The number of carbonyl (C=O) groups is 3. The van der Waals surface area contributed by atoms with Gasteiger partial charge in [0, 0.05) is 45.0 Å². The molecule has 3 amide bonds. The molecule has 4 aliphatic heterocycles. The minimum Gasteiger partial charge on any atom is -0.494 e. The van der Waals surface area contributed by atoms with E-state index in [1.54, 1.807) is 28.9 Å². The van der Waals surface area contributed by atoms with Crippen LogP contribution in [-0.4, -0.2) is 127 Å². The van der Waals surface area contributed by atoms with Crippen molar-refractivity contribution in [2.75, 3.05) is 70.6 Å². The number of aliphatic hydroxyl groups is 1. The number of hydrogen-bond acceptors (Lipinski definition) is 8. The Hall–Kier alpha value is -3.25. The van der Waals surface area contributed by atoms with Crippen molar-refractivity contribution in [1.29, 1.82) is 0 Å². The normalized spacial score (nSPS) is 29.7. The molecule has 1 aromatic carbocycles. The van der Waals surface area contributed by atoms with E-state index < -0.39 is 35.1 Å². The number of ether oxygens (including phenoxy) is 3. The Morgan fingerprint density at radius 3 is 2.44 bits per heavy atom. The minimum atomic E-state index is -1.19. The van der Waals surface area contributed by atoms with E-state index >= 15 is 0 Å². The average molecular weight is 625 g/mol. The molecule has 45 heavy (non-hydrogen) atoms. The fourth-order valence-electron chi connectivity index (χ4n) is 7.80. The van der Waals surface area contributed by atoms with Crippen LogP contribution in [0.3, 0.4) is 0 Å². The smallest absolute Gasteiger partial charge is 0.248 e. The lowest BCUT2D eigenvalue weighted by molar-refractivity contribution is -0.154. The molecule has 246 valence electrons. The first-order valence-corrected chi connectivity index (χ1v) is 16.1. The maximum Gasteiger partial charge on any atom is 0.248 e. The molecule has 1 spiro atoms. The molecule has 2 unspecified atom stereocenters. The molecule has 2 bridgehead atoms. The van der Waals surface area contributed by atoms with E-state index in [1.807, 2.05) is 38.1 Å². The van der Waals surface area contributed by atoms with Crippen LogP contribution in [0.5, 0.6) is 5.75 Å². The Morgan fingerprint density at radius 2 is 1.82 bits per heavy atom. The minimum absolute atomic E-state index is 0.237. The summed E-state index contributed by atoms with van der Waals surface area (Å²) in [5.41, 5.74) is -1.47. The summed E-state index contributed by atoms with van der Waals surface area (Å²) in [5.74, 6) is -1.81. The lowest BCUT2D eigenvalue weighted by Gasteiger charge is -2.39. The molecular weight excluding hydrogens is 576 g/mol. The van der Waals surface area contributed by atoms with Crippen molar-refractivity contribution in [3.8, 4) is 5.75 Å². The predicted molar refractivity (Wildman–Crippen MR) is 170 cm³/mol. The Kier molecular flexibility index (Phi) is 10.0. The monoisotopic (exact) mass is 624 g/mol. The third-order valence-corrected chi connectivity index (χ3v) is 9.94. The fraction of sp³-hybridized carbons (Fsp3) is 0.618. The summed E-state index contributed by atoms with van der Waals surface area (Å²) in [5, 5.41) is 10.3. The molecule has 0 radical (unpaired) electrons. The van der Waals surface area contributed by atoms with Crippen molar-refractivity contribution in [3.05, 3.63) is 49.6 Å². The summed E-state index contributed by atoms with van der Waals surface area (Å²) in [4.78, 5) is 50.8. The van der Waals surface area contributed by atoms with Crippen LogP contribution in [0.4, 0.5) is 5.69 Å². The van der Waals surface area contributed by atoms with Crippen molar-refractivity contribution in [3.63, 3.8) is 0 Å². The van der Waals surface area contributed by atoms with Crippen LogP contribution in [0.2, 0.25) is 0 Å². The van der Waals surface area contributed by atoms with Gasteiger partial charge in [-0.2, -0.15) is 0 Å². The molecule has 5 rings (SSSR count). The lowest BCUT2D eigenvalue weighted by atomic mass is 9.66. The van der Waals surface area contributed by atoms with Crippen molar-refractivity contribution in [2.24, 2.45) is 11.8 Å². The molecule has 0 aromatic heterocycles. The second kappa shape index (κ2) is 13.6. The number of nitrogens with zero attached hydrogens (tertiary/aromatic N) is 4. The first-order valence-electron chi connectivity index (χ1n) is 16.1. The third-order valence-electron chi connectivity index (χ3n) is 9.94. The van der Waals surface area contributed by atoms with Crippen LogP contribution in [-0.2, 0) is 23.9 Å². The largest absolute Gasteiger partial charge is 0.494 e. The molecule has 4 aliphatic rings. The number of likely N-dealkylation sites (tertiary alicyclic amines) is 1. The zero-order valence-corrected chi connectivity index (χ0v) is 26.9. The number of amides is 3. The molecule has 1 aromatic rings. The number of morpholine rings is 1. The second-order valence-electron chi connectivity index (χ2n) is 12.7. The average Bonchev–Trinajstić information content (AvgIpc) is 3.62. The van der Waals surface area contributed by atoms with Gasteiger partial charge in [-0.15, -0.1) is 13.2 Å². The van der Waals surface area contributed by atoms with Crippen molar-refractivity contribution in [1.82, 2.24) is 14.7 Å². The number of benzene rings is 1. The highest BCUT2D eigenvalue weighted by Crippen LogP contribution is 2.64. The topological polar surface area (TPSA) is 112 Å². The predicted octanol–water partition coefficient (Wildman–Crippen LogP) is 2.10. The van der Waals surface area contributed by atoms with Gasteiger partial charge in [0.1, 0.15) is 17.4 Å². The maximum atomic E-state index is 14.6. The SMILES string of the molecule is C=CCN(CCN1CCOCC1)C(=O)C1N([C@H](C)CO)C(=O)[C@@H]2[C@H](C(=O)N(CC=C)c3ccc(OCC)cc3)[C@]3(C)CCC12O3. The van der Waals surface area contributed by atoms with Crippen LogP contribution in [0.1, 0.15) is 33.6 Å². The van der Waals surface area contributed by atoms with Gasteiger partial charge in [0.15, 0.2) is 0 Å². The van der Waals surface area contributed by atoms with Crippen LogP contribution in [0.15, 0.2) is 49.6 Å². The summed E-state index contributed by atoms with van der Waals surface area (Å²) in [6.07, 6.45) is 4.34. The van der Waals surface area contributed by atoms with Crippen molar-refractivity contribution >= 4 is 23.4 Å². The van der Waals surface area contributed by atoms with Gasteiger partial charge < -0.3 is 34.0 Å². The number of carbonyl (C=O) groups excluding carboxylic acids is 3. The molecular formula is C34H48N4O7. The van der Waals surface area contributed by atoms with Crippen LogP contribution < -0.4 is 9.64 Å². The molecule has 0 aliphatic carbocycles. The van der Waals surface area contributed by atoms with Gasteiger partial charge in [0.05, 0.1) is 49.9 Å². The number of aliphatic hydroxyl groups excluding tert-OH is 1. The summed E-state index contributed by atoms with van der Waals surface area (Å²) < 4.78 is 17.9. The summed E-state index contributed by atoms with van der Waals surface area (Å²) in [7, 11) is 0. The first-order chi connectivity index (χ1) is 21.7. The van der Waals surface area contributed by atoms with E-state index in [1.165, 1.54) is 4.90 Å². The molecule has 11 heteroatoms. The number of rotatable bonds is 14. The van der Waals surface area contributed by atoms with E-state index in [0.29, 0.717) is 63.7 Å². The van der Waals surface area contributed by atoms with E-state index in [9.17, 15) is 19.5 Å². The van der Waals surface area contributed by atoms with Crippen LogP contribution in [0.25, 0.3) is 0 Å². The van der Waals surface area contributed by atoms with Gasteiger partial charge in [0.2, 0.25) is 17.7 Å². The van der Waals surface area contributed by atoms with E-state index in [4.69, 9.17) is 14.2 Å². The van der Waals surface area contributed by atoms with Crippen LogP contribution >= 0.6 is 0 Å². The zero-order valence-electron chi connectivity index (χ0n) is 26.9. The van der Waals surface area contributed by atoms with Gasteiger partial charge in [0.25, 0.3) is 0 Å². The second-order valence-corrected chi connectivity index (χ2v) is 12.7. The Bertz CT molecular complexity index is 1270. The van der Waals surface area contributed by atoms with Gasteiger partial charge in [-0.3, -0.25) is 19.3 Å². The molecule has 11 nitrogen and oxygen atoms in total. The molecule has 4 fully saturated rings. The number of anilines is 1. The van der Waals surface area contributed by atoms with Crippen molar-refractivity contribution in [2.45, 2.75) is 56.9 Å². The zero-order chi connectivity index (χ0) is 32.4. The highest BCUT2D eigenvalue weighted by Gasteiger charge is 2.78. The quantitative estimate of drug-likeness (QED) is 0.314. The summed E-state index contributed by atoms with van der Waals surface area (Å²) >= 11 is 0. The molecule has 4 saturated heterocycles. The van der Waals surface area contributed by atoms with Crippen LogP contribution in [0, 0.1) is 11.8 Å². The standard InChI is InChI=1S/C34H48N4O7/c1-6-15-36(18-17-35-19-21-43-22-20-35)32(42)29-34-14-13-33(5,45-34)27(28(34)31(41)38(29)24(4)23-39)30(40)37(16-7-2)25-9-11-26(12-10-25)44-8-3/h6-7,9-12,24,27-29,39H,1-2,8,13-23H2,3-5H3/t24-,27-,28+,29?,33+,34?/m1/s1. The van der Waals surface area contributed by atoms with Gasteiger partial charge in [-0.1, -0.05) is 12.2 Å². The van der Waals surface area contributed by atoms with E-state index in [-0.39, 0.29) is 30.9 Å². The number of hydrogen-bond donors (Lipinski definition) is 1. The van der Waals surface area contributed by atoms with Gasteiger partial charge in [-0.25, -0.2) is 0 Å². The van der Waals surface area contributed by atoms with Gasteiger partial charge in [-0.05, 0) is 57.9 Å². The Morgan fingerprint density at radius 1 is 1.13 bits per heavy atom. The molecule has 4 heterocycles. The maximum absolute atomic E-state index is 14.6. The Labute approximate surface area is 266 Å². The number of fused-ring (bicyclic) bond motifs is 1. The van der Waals surface area contributed by atoms with Crippen molar-refractivity contribution < 1.29 is 33.7 Å². The van der Waals surface area contributed by atoms with E-state index in [0.717, 1.165) is 13.1 Å². The van der Waals surface area contributed by atoms with Gasteiger partial charge >= 0.3 is 0 Å². The molecule has 6 atom stereocenters. The highest BCUT2D eigenvalue weighted by molar-refractivity contribution is 6.03. The van der Waals surface area contributed by atoms with E-state index in [2.05, 4.69) is 18.1 Å². The molecule has 0 saturated carbocycles. The summed E-state index contributed by atoms with van der Waals surface area (Å²) in [6.45, 7) is 18.0. The fourth-order valence-corrected chi connectivity index (χ4v) is 7.80. The Balaban J connectivity index is 1.49. The highest BCUT2D eigenvalue weighted by atomic mass is 16.5. The first kappa shape index (κ1) is 33.1. The third kappa shape index (κ3) is 5.91. The lowest BCUT2D eigenvalue weighted by Crippen LogP contribution is -2.59. The summed E-state index contributed by atoms with van der Waals surface area (Å²) in [6, 6.07) is 5.66.